The fraction of sp³-hybridized carbons (Fsp3) is 0.375. The molecule has 0 aliphatic heterocycles. The van der Waals surface area contributed by atoms with Gasteiger partial charge in [-0.2, -0.15) is 0 Å². The van der Waals surface area contributed by atoms with Crippen LogP contribution in [0.2, 0.25) is 0 Å². The molecule has 0 fully saturated rings. The van der Waals surface area contributed by atoms with Gasteiger partial charge in [0, 0.05) is 34.1 Å². The third-order valence-corrected chi connectivity index (χ3v) is 8.23. The number of methoxy groups -OCH3 is 1. The van der Waals surface area contributed by atoms with Crippen LogP contribution in [-0.4, -0.2) is 39.8 Å². The van der Waals surface area contributed by atoms with Crippen molar-refractivity contribution in [2.75, 3.05) is 19.5 Å². The Labute approximate surface area is 194 Å². The summed E-state index contributed by atoms with van der Waals surface area (Å²) in [5.41, 5.74) is 3.71. The van der Waals surface area contributed by atoms with E-state index in [1.54, 1.807) is 23.0 Å². The van der Waals surface area contributed by atoms with Gasteiger partial charge in [-0.1, -0.05) is 30.0 Å². The number of benzene rings is 1. The van der Waals surface area contributed by atoms with Crippen molar-refractivity contribution in [2.45, 2.75) is 44.3 Å². The zero-order chi connectivity index (χ0) is 22.2. The van der Waals surface area contributed by atoms with Crippen LogP contribution >= 0.6 is 23.1 Å². The molecule has 0 saturated carbocycles. The quantitative estimate of drug-likeness (QED) is 0.241. The van der Waals surface area contributed by atoms with Crippen molar-refractivity contribution >= 4 is 50.0 Å². The lowest BCUT2D eigenvalue weighted by atomic mass is 9.97. The number of aryl methyl sites for hydroxylation is 3. The molecule has 0 amide bonds. The summed E-state index contributed by atoms with van der Waals surface area (Å²) in [5.74, 6) is 0.252. The van der Waals surface area contributed by atoms with Crippen LogP contribution < -0.4 is 5.56 Å². The molecule has 0 atom stereocenters. The summed E-state index contributed by atoms with van der Waals surface area (Å²) in [7, 11) is 1.62. The maximum Gasteiger partial charge on any atom is 0.263 e. The number of ether oxygens (including phenoxy) is 1. The van der Waals surface area contributed by atoms with Crippen LogP contribution in [0, 0.1) is 6.92 Å². The van der Waals surface area contributed by atoms with Gasteiger partial charge in [-0.05, 0) is 44.2 Å². The van der Waals surface area contributed by atoms with Crippen molar-refractivity contribution in [3.05, 3.63) is 56.3 Å². The first-order valence-corrected chi connectivity index (χ1v) is 12.7. The monoisotopic (exact) mass is 467 g/mol. The fourth-order valence-corrected chi connectivity index (χ4v) is 6.75. The molecule has 5 rings (SSSR count). The number of aromatic amines is 1. The predicted octanol–water partition coefficient (Wildman–Crippen LogP) is 4.75. The van der Waals surface area contributed by atoms with Gasteiger partial charge in [-0.25, -0.2) is 4.98 Å². The lowest BCUT2D eigenvalue weighted by molar-refractivity contribution is 0.102. The van der Waals surface area contributed by atoms with Crippen LogP contribution in [0.15, 0.2) is 34.2 Å². The molecule has 4 aromatic rings. The van der Waals surface area contributed by atoms with Crippen LogP contribution in [0.25, 0.3) is 21.1 Å². The molecule has 3 heterocycles. The van der Waals surface area contributed by atoms with E-state index in [1.165, 1.54) is 22.2 Å². The van der Waals surface area contributed by atoms with E-state index >= 15 is 0 Å². The molecule has 8 heteroatoms. The van der Waals surface area contributed by atoms with E-state index in [-0.39, 0.29) is 17.1 Å². The number of thioether (sulfide) groups is 1. The van der Waals surface area contributed by atoms with E-state index in [9.17, 15) is 9.59 Å². The molecule has 0 spiro atoms. The van der Waals surface area contributed by atoms with E-state index in [0.29, 0.717) is 23.9 Å². The highest BCUT2D eigenvalue weighted by Gasteiger charge is 2.23. The molecule has 1 N–H and O–H groups in total. The number of carbonyl (C=O) groups is 1. The molecular weight excluding hydrogens is 442 g/mol. The van der Waals surface area contributed by atoms with Gasteiger partial charge in [0.05, 0.1) is 24.3 Å². The molecule has 1 aliphatic rings. The minimum absolute atomic E-state index is 0.00956. The molecular formula is C24H25N3O3S2. The normalized spacial score (nSPS) is 13.7. The number of aromatic nitrogens is 3. The Hall–Kier alpha value is -2.42. The summed E-state index contributed by atoms with van der Waals surface area (Å²) < 4.78 is 6.93. The summed E-state index contributed by atoms with van der Waals surface area (Å²) in [6, 6.07) is 7.83. The Morgan fingerprint density at radius 3 is 2.94 bits per heavy atom. The molecule has 1 aliphatic carbocycles. The molecule has 0 bridgehead atoms. The number of nitrogens with zero attached hydrogens (tertiary/aromatic N) is 2. The number of Topliss-reactive ketones (excluding diaryl/α,β-unsaturated/α-hetero) is 1. The Balaban J connectivity index is 1.51. The highest BCUT2D eigenvalue weighted by Crippen LogP contribution is 2.35. The number of para-hydroxylation sites is 1. The second kappa shape index (κ2) is 8.84. The lowest BCUT2D eigenvalue weighted by Gasteiger charge is -2.13. The molecule has 0 saturated heterocycles. The molecule has 6 nitrogen and oxygen atoms in total. The van der Waals surface area contributed by atoms with Crippen LogP contribution in [0.1, 0.15) is 39.3 Å². The van der Waals surface area contributed by atoms with Gasteiger partial charge >= 0.3 is 0 Å². The number of ketones is 1. The molecule has 0 radical (unpaired) electrons. The largest absolute Gasteiger partial charge is 0.383 e. The number of carbonyl (C=O) groups excluding carboxylic acids is 1. The number of hydrogen-bond donors (Lipinski definition) is 1. The van der Waals surface area contributed by atoms with Crippen molar-refractivity contribution in [2.24, 2.45) is 0 Å². The van der Waals surface area contributed by atoms with Gasteiger partial charge < -0.3 is 9.72 Å². The molecule has 3 aromatic heterocycles. The first-order chi connectivity index (χ1) is 15.6. The summed E-state index contributed by atoms with van der Waals surface area (Å²) in [5, 5.41) is 2.29. The summed E-state index contributed by atoms with van der Waals surface area (Å²) >= 11 is 2.97. The minimum Gasteiger partial charge on any atom is -0.383 e. The summed E-state index contributed by atoms with van der Waals surface area (Å²) in [4.78, 5) is 36.9. The van der Waals surface area contributed by atoms with Crippen molar-refractivity contribution in [1.82, 2.24) is 14.5 Å². The van der Waals surface area contributed by atoms with Crippen molar-refractivity contribution in [1.29, 1.82) is 0 Å². The maximum atomic E-state index is 13.5. The van der Waals surface area contributed by atoms with Crippen LogP contribution in [0.4, 0.5) is 0 Å². The smallest absolute Gasteiger partial charge is 0.263 e. The Bertz CT molecular complexity index is 1380. The molecule has 166 valence electrons. The average molecular weight is 468 g/mol. The number of rotatable bonds is 7. The SMILES string of the molecule is COCCn1c(SCC(=O)c2c(C)[nH]c3ccccc23)nc2sc3c(c2c1=O)CCCC3. The van der Waals surface area contributed by atoms with Crippen LogP contribution in [0.5, 0.6) is 0 Å². The average Bonchev–Trinajstić information content (AvgIpc) is 3.33. The highest BCUT2D eigenvalue weighted by molar-refractivity contribution is 7.99. The van der Waals surface area contributed by atoms with E-state index in [0.717, 1.165) is 52.5 Å². The maximum absolute atomic E-state index is 13.5. The Kier molecular flexibility index (Phi) is 5.92. The van der Waals surface area contributed by atoms with Gasteiger partial charge in [0.15, 0.2) is 10.9 Å². The third-order valence-electron chi connectivity index (χ3n) is 6.06. The predicted molar refractivity (Wildman–Crippen MR) is 130 cm³/mol. The van der Waals surface area contributed by atoms with E-state index in [4.69, 9.17) is 9.72 Å². The van der Waals surface area contributed by atoms with E-state index in [2.05, 4.69) is 4.98 Å². The summed E-state index contributed by atoms with van der Waals surface area (Å²) in [6.07, 6.45) is 4.25. The number of nitrogens with one attached hydrogen (secondary N) is 1. The van der Waals surface area contributed by atoms with Gasteiger partial charge in [-0.15, -0.1) is 11.3 Å². The number of thiophene rings is 1. The van der Waals surface area contributed by atoms with E-state index in [1.807, 2.05) is 31.2 Å². The Morgan fingerprint density at radius 2 is 2.09 bits per heavy atom. The standard InChI is InChI=1S/C24H25N3O3S2/c1-14-20(15-7-3-5-9-17(15)25-14)18(28)13-31-24-26-22-21(23(29)27(24)11-12-30-2)16-8-4-6-10-19(16)32-22/h3,5,7,9,25H,4,6,8,10-13H2,1-2H3. The zero-order valence-corrected chi connectivity index (χ0v) is 19.8. The topological polar surface area (TPSA) is 77.0 Å². The van der Waals surface area contributed by atoms with Gasteiger partial charge in [-0.3, -0.25) is 14.2 Å². The van der Waals surface area contributed by atoms with Gasteiger partial charge in [0.25, 0.3) is 5.56 Å². The first-order valence-electron chi connectivity index (χ1n) is 10.9. The number of fused-ring (bicyclic) bond motifs is 4. The Morgan fingerprint density at radius 1 is 1.28 bits per heavy atom. The fourth-order valence-electron chi connectivity index (χ4n) is 4.55. The molecule has 32 heavy (non-hydrogen) atoms. The molecule has 1 aromatic carbocycles. The van der Waals surface area contributed by atoms with Crippen molar-refractivity contribution in [3.63, 3.8) is 0 Å². The van der Waals surface area contributed by atoms with Gasteiger partial charge in [0.2, 0.25) is 0 Å². The van der Waals surface area contributed by atoms with Crippen LogP contribution in [-0.2, 0) is 24.1 Å². The van der Waals surface area contributed by atoms with Crippen molar-refractivity contribution in [3.8, 4) is 0 Å². The minimum atomic E-state index is -0.00956. The first kappa shape index (κ1) is 21.4. The second-order valence-electron chi connectivity index (χ2n) is 8.12. The summed E-state index contributed by atoms with van der Waals surface area (Å²) in [6.45, 7) is 2.76. The van der Waals surface area contributed by atoms with Crippen molar-refractivity contribution < 1.29 is 9.53 Å². The number of hydrogen-bond acceptors (Lipinski definition) is 6. The number of H-pyrrole nitrogens is 1. The molecule has 0 unspecified atom stereocenters. The second-order valence-corrected chi connectivity index (χ2v) is 10.1. The zero-order valence-electron chi connectivity index (χ0n) is 18.2. The highest BCUT2D eigenvalue weighted by atomic mass is 32.2. The third kappa shape index (κ3) is 3.70. The lowest BCUT2D eigenvalue weighted by Crippen LogP contribution is -2.26. The van der Waals surface area contributed by atoms with E-state index < -0.39 is 0 Å². The van der Waals surface area contributed by atoms with Crippen LogP contribution in [0.3, 0.4) is 0 Å². The van der Waals surface area contributed by atoms with Gasteiger partial charge in [0.1, 0.15) is 4.83 Å².